The average Bonchev–Trinajstić information content (AvgIpc) is 3.27. The average molecular weight is 599 g/mol. The van der Waals surface area contributed by atoms with Crippen molar-refractivity contribution in [3.63, 3.8) is 0 Å². The van der Waals surface area contributed by atoms with E-state index in [4.69, 9.17) is 9.26 Å². The van der Waals surface area contributed by atoms with Gasteiger partial charge >= 0.3 is 0 Å². The third kappa shape index (κ3) is 7.57. The molecule has 42 heavy (non-hydrogen) atoms. The number of carbonyl (C=O) groups excluding carboxylic acids is 2. The number of aryl methyl sites for hydroxylation is 1. The minimum absolute atomic E-state index is 0.0680. The van der Waals surface area contributed by atoms with Crippen LogP contribution in [0.15, 0.2) is 51.9 Å². The second-order valence-corrected chi connectivity index (χ2v) is 12.3. The highest BCUT2D eigenvalue weighted by Gasteiger charge is 2.32. The van der Waals surface area contributed by atoms with Crippen LogP contribution in [-0.4, -0.2) is 50.5 Å². The predicted molar refractivity (Wildman–Crippen MR) is 162 cm³/mol. The minimum Gasteiger partial charge on any atom is -0.380 e. The molecular weight excluding hydrogens is 556 g/mol. The minimum atomic E-state index is -4.04. The van der Waals surface area contributed by atoms with Gasteiger partial charge in [-0.3, -0.25) is 9.59 Å². The second-order valence-electron chi connectivity index (χ2n) is 10.7. The summed E-state index contributed by atoms with van der Waals surface area (Å²) in [6, 6.07) is 11.7. The Hall–Kier alpha value is -3.70. The number of aromatic nitrogens is 1. The van der Waals surface area contributed by atoms with Crippen molar-refractivity contribution in [3.8, 4) is 11.1 Å². The number of nitrogens with one attached hydrogen (secondary N) is 2. The molecule has 228 valence electrons. The number of rotatable bonds is 14. The highest BCUT2D eigenvalue weighted by Crippen LogP contribution is 2.33. The molecule has 2 N–H and O–H groups in total. The van der Waals surface area contributed by atoms with E-state index in [0.717, 1.165) is 24.0 Å². The summed E-state index contributed by atoms with van der Waals surface area (Å²) in [5.41, 5.74) is 3.90. The quantitative estimate of drug-likeness (QED) is 0.261. The largest absolute Gasteiger partial charge is 0.380 e. The molecule has 0 bridgehead atoms. The van der Waals surface area contributed by atoms with Gasteiger partial charge in [-0.25, -0.2) is 13.1 Å². The molecule has 0 aliphatic carbocycles. The fraction of sp³-hybridized carbons (Fsp3) is 0.452. The zero-order chi connectivity index (χ0) is 31.0. The summed E-state index contributed by atoms with van der Waals surface area (Å²) < 4.78 is 40.3. The number of anilines is 1. The Morgan fingerprint density at radius 1 is 1.10 bits per heavy atom. The van der Waals surface area contributed by atoms with Crippen LogP contribution >= 0.6 is 0 Å². The number of unbranched alkanes of at least 4 members (excludes halogenated alkanes) is 1. The molecule has 0 aliphatic rings. The highest BCUT2D eigenvalue weighted by molar-refractivity contribution is 7.92. The van der Waals surface area contributed by atoms with Gasteiger partial charge in [-0.15, -0.1) is 0 Å². The summed E-state index contributed by atoms with van der Waals surface area (Å²) in [5, 5.41) is 6.55. The van der Waals surface area contributed by atoms with E-state index in [-0.39, 0.29) is 41.7 Å². The highest BCUT2D eigenvalue weighted by atomic mass is 32.2. The van der Waals surface area contributed by atoms with E-state index in [1.807, 2.05) is 39.0 Å². The summed E-state index contributed by atoms with van der Waals surface area (Å²) in [4.78, 5) is 27.9. The van der Waals surface area contributed by atoms with Gasteiger partial charge in [0.1, 0.15) is 6.04 Å². The number of carbonyl (C=O) groups is 2. The standard InChI is InChI=1S/C31H42N4O6S/c1-8-9-14-28(36)35(29(20(2)3)30(37)32-6)18-23-15-16-25(24(17-23)19-40-7)26-12-10-11-13-27(26)42(38,39)34-31-21(4)22(5)33-41-31/h10-13,15-17,20,29,34H,8-9,14,18-19H2,1-7H3,(H,32,37). The molecule has 0 aliphatic heterocycles. The molecule has 0 radical (unpaired) electrons. The fourth-order valence-corrected chi connectivity index (χ4v) is 6.13. The van der Waals surface area contributed by atoms with Gasteiger partial charge in [-0.1, -0.05) is 68.7 Å². The molecular formula is C31H42N4O6S. The van der Waals surface area contributed by atoms with E-state index in [9.17, 15) is 18.0 Å². The molecule has 11 heteroatoms. The molecule has 0 fully saturated rings. The Kier molecular flexibility index (Phi) is 11.3. The molecule has 1 atom stereocenters. The Bertz CT molecular complexity index is 1500. The Balaban J connectivity index is 2.05. The van der Waals surface area contributed by atoms with Gasteiger partial charge in [0.25, 0.3) is 10.0 Å². The van der Waals surface area contributed by atoms with E-state index in [1.54, 1.807) is 51.1 Å². The molecule has 3 aromatic rings. The van der Waals surface area contributed by atoms with Crippen LogP contribution in [0.3, 0.4) is 0 Å². The number of ether oxygens (including phenoxy) is 1. The Morgan fingerprint density at radius 3 is 2.40 bits per heavy atom. The van der Waals surface area contributed by atoms with Gasteiger partial charge in [-0.05, 0) is 48.9 Å². The number of methoxy groups -OCH3 is 1. The Labute approximate surface area is 248 Å². The van der Waals surface area contributed by atoms with E-state index >= 15 is 0 Å². The van der Waals surface area contributed by atoms with Crippen LogP contribution in [0.25, 0.3) is 11.1 Å². The summed E-state index contributed by atoms with van der Waals surface area (Å²) in [7, 11) is -0.899. The number of hydrogen-bond donors (Lipinski definition) is 2. The lowest BCUT2D eigenvalue weighted by Gasteiger charge is -2.33. The maximum absolute atomic E-state index is 13.5. The van der Waals surface area contributed by atoms with Gasteiger partial charge < -0.3 is 19.5 Å². The Morgan fingerprint density at radius 2 is 1.81 bits per heavy atom. The first-order valence-electron chi connectivity index (χ1n) is 14.1. The van der Waals surface area contributed by atoms with E-state index in [1.165, 1.54) is 6.07 Å². The smallest absolute Gasteiger partial charge is 0.264 e. The molecule has 3 rings (SSSR count). The molecule has 0 saturated carbocycles. The van der Waals surface area contributed by atoms with E-state index < -0.39 is 16.1 Å². The van der Waals surface area contributed by atoms with Crippen LogP contribution in [0.5, 0.6) is 0 Å². The molecule has 1 aromatic heterocycles. The zero-order valence-corrected chi connectivity index (χ0v) is 26.3. The van der Waals surface area contributed by atoms with Gasteiger partial charge in [0.05, 0.1) is 17.2 Å². The first kappa shape index (κ1) is 32.8. The first-order chi connectivity index (χ1) is 19.9. The van der Waals surface area contributed by atoms with Crippen molar-refractivity contribution in [2.45, 2.75) is 78.0 Å². The lowest BCUT2D eigenvalue weighted by molar-refractivity contribution is -0.142. The van der Waals surface area contributed by atoms with Crippen molar-refractivity contribution in [2.24, 2.45) is 5.92 Å². The van der Waals surface area contributed by atoms with Crippen LogP contribution < -0.4 is 10.0 Å². The maximum atomic E-state index is 13.5. The molecule has 1 unspecified atom stereocenters. The molecule has 2 aromatic carbocycles. The number of hydrogen-bond acceptors (Lipinski definition) is 7. The maximum Gasteiger partial charge on any atom is 0.264 e. The predicted octanol–water partition coefficient (Wildman–Crippen LogP) is 5.20. The number of sulfonamides is 1. The van der Waals surface area contributed by atoms with Crippen LogP contribution in [-0.2, 0) is 37.5 Å². The number of likely N-dealkylation sites (N-methyl/N-ethyl adjacent to an activating group) is 1. The van der Waals surface area contributed by atoms with Crippen molar-refractivity contribution in [1.82, 2.24) is 15.4 Å². The summed E-state index contributed by atoms with van der Waals surface area (Å²) in [6.45, 7) is 9.76. The number of nitrogens with zero attached hydrogens (tertiary/aromatic N) is 2. The SMILES string of the molecule is CCCCC(=O)N(Cc1ccc(-c2ccccc2S(=O)(=O)Nc2onc(C)c2C)c(COC)c1)C(C(=O)NC)C(C)C. The van der Waals surface area contributed by atoms with E-state index in [2.05, 4.69) is 15.2 Å². The third-order valence-electron chi connectivity index (χ3n) is 7.22. The summed E-state index contributed by atoms with van der Waals surface area (Å²) in [6.07, 6.45) is 1.95. The van der Waals surface area contributed by atoms with Crippen molar-refractivity contribution < 1.29 is 27.3 Å². The van der Waals surface area contributed by atoms with Crippen molar-refractivity contribution >= 4 is 27.7 Å². The molecule has 10 nitrogen and oxygen atoms in total. The van der Waals surface area contributed by atoms with Crippen LogP contribution in [0.4, 0.5) is 5.88 Å². The molecule has 0 spiro atoms. The van der Waals surface area contributed by atoms with Crippen LogP contribution in [0.2, 0.25) is 0 Å². The van der Waals surface area contributed by atoms with Crippen LogP contribution in [0.1, 0.15) is 62.4 Å². The normalized spacial score (nSPS) is 12.3. The van der Waals surface area contributed by atoms with Gasteiger partial charge in [-0.2, -0.15) is 0 Å². The number of benzene rings is 2. The fourth-order valence-electron chi connectivity index (χ4n) is 4.86. The van der Waals surface area contributed by atoms with Gasteiger partial charge in [0.15, 0.2) is 0 Å². The number of amides is 2. The molecule has 1 heterocycles. The van der Waals surface area contributed by atoms with Gasteiger partial charge in [0.2, 0.25) is 17.7 Å². The van der Waals surface area contributed by atoms with E-state index in [0.29, 0.717) is 28.8 Å². The lowest BCUT2D eigenvalue weighted by Crippen LogP contribution is -2.51. The lowest BCUT2D eigenvalue weighted by atomic mass is 9.96. The van der Waals surface area contributed by atoms with Crippen LogP contribution in [0, 0.1) is 19.8 Å². The summed E-state index contributed by atoms with van der Waals surface area (Å²) in [5.74, 6) is -0.336. The van der Waals surface area contributed by atoms with Crippen molar-refractivity contribution in [2.75, 3.05) is 18.9 Å². The zero-order valence-electron chi connectivity index (χ0n) is 25.5. The van der Waals surface area contributed by atoms with Crippen molar-refractivity contribution in [3.05, 3.63) is 64.8 Å². The molecule has 0 saturated heterocycles. The van der Waals surface area contributed by atoms with Gasteiger partial charge in [0, 0.05) is 38.2 Å². The second kappa shape index (κ2) is 14.5. The monoisotopic (exact) mass is 598 g/mol. The topological polar surface area (TPSA) is 131 Å². The third-order valence-corrected chi connectivity index (χ3v) is 8.61. The van der Waals surface area contributed by atoms with Crippen molar-refractivity contribution in [1.29, 1.82) is 0 Å². The summed E-state index contributed by atoms with van der Waals surface area (Å²) >= 11 is 0. The first-order valence-corrected chi connectivity index (χ1v) is 15.6. The molecule has 2 amide bonds.